The lowest BCUT2D eigenvalue weighted by atomic mass is 10.2. The Morgan fingerprint density at radius 2 is 1.93 bits per heavy atom. The van der Waals surface area contributed by atoms with Crippen LogP contribution in [0.2, 0.25) is 10.0 Å². The lowest BCUT2D eigenvalue weighted by molar-refractivity contribution is -0.115. The molecular weight excluding hydrogens is 405 g/mol. The number of nitrogens with zero attached hydrogens (tertiary/aromatic N) is 1. The highest BCUT2D eigenvalue weighted by molar-refractivity contribution is 6.35. The molecule has 3 N–H and O–H groups in total. The second-order valence-electron chi connectivity index (χ2n) is 5.74. The van der Waals surface area contributed by atoms with Gasteiger partial charge in [0.15, 0.2) is 5.76 Å². The first-order valence-corrected chi connectivity index (χ1v) is 8.92. The van der Waals surface area contributed by atoms with Crippen molar-refractivity contribution in [2.45, 2.75) is 6.54 Å². The molecule has 0 spiro atoms. The molecule has 3 aromatic rings. The highest BCUT2D eigenvalue weighted by Gasteiger charge is 2.13. The second-order valence-corrected chi connectivity index (χ2v) is 6.59. The molecule has 0 saturated carbocycles. The number of hydrogen-bond acceptors (Lipinski definition) is 5. The number of aromatic nitrogens is 1. The SMILES string of the molecule is O=C(CNCc1ncc(-c2cc(Cl)ccc2Cl)o1)Nc1ccccc1C(=O)O. The number of carbonyl (C=O) groups is 2. The molecule has 0 aliphatic heterocycles. The Kier molecular flexibility index (Phi) is 6.30. The number of aromatic carboxylic acids is 1. The van der Waals surface area contributed by atoms with Crippen molar-refractivity contribution in [3.63, 3.8) is 0 Å². The number of oxazole rings is 1. The van der Waals surface area contributed by atoms with Gasteiger partial charge in [0, 0.05) is 10.6 Å². The third-order valence-electron chi connectivity index (χ3n) is 3.74. The summed E-state index contributed by atoms with van der Waals surface area (Å²) in [5.74, 6) is -0.678. The minimum absolute atomic E-state index is 0.0200. The van der Waals surface area contributed by atoms with Gasteiger partial charge in [-0.25, -0.2) is 9.78 Å². The minimum Gasteiger partial charge on any atom is -0.478 e. The van der Waals surface area contributed by atoms with Crippen LogP contribution in [0.3, 0.4) is 0 Å². The number of nitrogens with one attached hydrogen (secondary N) is 2. The summed E-state index contributed by atoms with van der Waals surface area (Å²) in [6.07, 6.45) is 1.53. The van der Waals surface area contributed by atoms with Crippen LogP contribution in [0.25, 0.3) is 11.3 Å². The first-order valence-electron chi connectivity index (χ1n) is 8.17. The summed E-state index contributed by atoms with van der Waals surface area (Å²) in [6.45, 7) is 0.149. The van der Waals surface area contributed by atoms with E-state index in [4.69, 9.17) is 32.7 Å². The van der Waals surface area contributed by atoms with Crippen molar-refractivity contribution in [1.82, 2.24) is 10.3 Å². The zero-order valence-electron chi connectivity index (χ0n) is 14.4. The molecule has 0 atom stereocenters. The van der Waals surface area contributed by atoms with Crippen LogP contribution in [0, 0.1) is 0 Å². The zero-order chi connectivity index (χ0) is 20.1. The molecule has 1 heterocycles. The van der Waals surface area contributed by atoms with E-state index in [9.17, 15) is 9.59 Å². The minimum atomic E-state index is -1.11. The topological polar surface area (TPSA) is 104 Å². The van der Waals surface area contributed by atoms with Gasteiger partial charge in [-0.1, -0.05) is 35.3 Å². The number of carboxylic acids is 1. The van der Waals surface area contributed by atoms with Crippen molar-refractivity contribution in [2.75, 3.05) is 11.9 Å². The lowest BCUT2D eigenvalue weighted by Gasteiger charge is -2.08. The van der Waals surface area contributed by atoms with Crippen LogP contribution in [0.5, 0.6) is 0 Å². The van der Waals surface area contributed by atoms with E-state index in [-0.39, 0.29) is 24.3 Å². The Bertz CT molecular complexity index is 1020. The van der Waals surface area contributed by atoms with E-state index >= 15 is 0 Å². The molecule has 1 amide bonds. The van der Waals surface area contributed by atoms with Crippen molar-refractivity contribution in [3.05, 3.63) is 70.2 Å². The monoisotopic (exact) mass is 419 g/mol. The van der Waals surface area contributed by atoms with E-state index in [1.165, 1.54) is 18.3 Å². The number of para-hydroxylation sites is 1. The first-order chi connectivity index (χ1) is 13.4. The lowest BCUT2D eigenvalue weighted by Crippen LogP contribution is -2.28. The zero-order valence-corrected chi connectivity index (χ0v) is 15.9. The molecule has 1 aromatic heterocycles. The maximum atomic E-state index is 12.0. The van der Waals surface area contributed by atoms with E-state index < -0.39 is 11.9 Å². The van der Waals surface area contributed by atoms with Crippen LogP contribution >= 0.6 is 23.2 Å². The predicted octanol–water partition coefficient (Wildman–Crippen LogP) is 4.07. The molecule has 3 rings (SSSR count). The van der Waals surface area contributed by atoms with E-state index in [1.807, 2.05) is 0 Å². The number of rotatable bonds is 7. The number of amides is 1. The fourth-order valence-corrected chi connectivity index (χ4v) is 2.84. The highest BCUT2D eigenvalue weighted by atomic mass is 35.5. The maximum Gasteiger partial charge on any atom is 0.337 e. The molecule has 144 valence electrons. The molecule has 0 unspecified atom stereocenters. The fourth-order valence-electron chi connectivity index (χ4n) is 2.46. The number of halogens is 2. The van der Waals surface area contributed by atoms with Crippen LogP contribution in [0.15, 0.2) is 53.1 Å². The van der Waals surface area contributed by atoms with Crippen LogP contribution in [0.1, 0.15) is 16.2 Å². The smallest absolute Gasteiger partial charge is 0.337 e. The van der Waals surface area contributed by atoms with Gasteiger partial charge in [-0.15, -0.1) is 0 Å². The molecule has 2 aromatic carbocycles. The summed E-state index contributed by atoms with van der Waals surface area (Å²) in [7, 11) is 0. The van der Waals surface area contributed by atoms with Crippen LogP contribution < -0.4 is 10.6 Å². The molecule has 0 aliphatic rings. The van der Waals surface area contributed by atoms with Gasteiger partial charge in [0.05, 0.1) is 35.6 Å². The Labute approximate surface area is 170 Å². The van der Waals surface area contributed by atoms with Crippen LogP contribution in [0.4, 0.5) is 5.69 Å². The summed E-state index contributed by atoms with van der Waals surface area (Å²) in [5, 5.41) is 15.6. The first kappa shape index (κ1) is 19.9. The predicted molar refractivity (Wildman–Crippen MR) is 106 cm³/mol. The number of carboxylic acid groups (broad SMARTS) is 1. The third kappa shape index (κ3) is 4.89. The maximum absolute atomic E-state index is 12.0. The standard InChI is InChI=1S/C19H15Cl2N3O4/c20-11-5-6-14(21)13(7-11)16-8-23-18(28-16)10-22-9-17(25)24-15-4-2-1-3-12(15)19(26)27/h1-8,22H,9-10H2,(H,24,25)(H,26,27). The quantitative estimate of drug-likeness (QED) is 0.532. The van der Waals surface area contributed by atoms with Crippen molar-refractivity contribution in [1.29, 1.82) is 0 Å². The van der Waals surface area contributed by atoms with E-state index in [1.54, 1.807) is 30.3 Å². The molecule has 0 bridgehead atoms. The van der Waals surface area contributed by atoms with Gasteiger partial charge >= 0.3 is 5.97 Å². The fraction of sp³-hybridized carbons (Fsp3) is 0.105. The van der Waals surface area contributed by atoms with Gasteiger partial charge < -0.3 is 14.8 Å². The largest absolute Gasteiger partial charge is 0.478 e. The Hall–Kier alpha value is -2.87. The number of anilines is 1. The van der Waals surface area contributed by atoms with Crippen LogP contribution in [-0.4, -0.2) is 28.5 Å². The molecule has 0 radical (unpaired) electrons. The normalized spacial score (nSPS) is 10.6. The van der Waals surface area contributed by atoms with Gasteiger partial charge in [-0.3, -0.25) is 10.1 Å². The summed E-state index contributed by atoms with van der Waals surface area (Å²) in [5.41, 5.74) is 0.873. The number of hydrogen-bond donors (Lipinski definition) is 3. The molecule has 28 heavy (non-hydrogen) atoms. The molecule has 0 saturated heterocycles. The average molecular weight is 420 g/mol. The third-order valence-corrected chi connectivity index (χ3v) is 4.31. The summed E-state index contributed by atoms with van der Waals surface area (Å²) >= 11 is 12.1. The van der Waals surface area contributed by atoms with Gasteiger partial charge in [-0.05, 0) is 30.3 Å². The van der Waals surface area contributed by atoms with Crippen molar-refractivity contribution in [3.8, 4) is 11.3 Å². The molecule has 0 fully saturated rings. The van der Waals surface area contributed by atoms with E-state index in [0.717, 1.165) is 0 Å². The van der Waals surface area contributed by atoms with Crippen LogP contribution in [-0.2, 0) is 11.3 Å². The van der Waals surface area contributed by atoms with E-state index in [2.05, 4.69) is 15.6 Å². The van der Waals surface area contributed by atoms with E-state index in [0.29, 0.717) is 27.3 Å². The second kappa shape index (κ2) is 8.88. The Balaban J connectivity index is 1.56. The van der Waals surface area contributed by atoms with Gasteiger partial charge in [0.2, 0.25) is 11.8 Å². The molecular formula is C19H15Cl2N3O4. The van der Waals surface area contributed by atoms with Crippen molar-refractivity contribution >= 4 is 40.8 Å². The number of benzene rings is 2. The molecule has 7 nitrogen and oxygen atoms in total. The molecule has 9 heteroatoms. The summed E-state index contributed by atoms with van der Waals surface area (Å²) < 4.78 is 5.63. The van der Waals surface area contributed by atoms with Gasteiger partial charge in [-0.2, -0.15) is 0 Å². The van der Waals surface area contributed by atoms with Crippen molar-refractivity contribution < 1.29 is 19.1 Å². The van der Waals surface area contributed by atoms with Crippen molar-refractivity contribution in [2.24, 2.45) is 0 Å². The summed E-state index contributed by atoms with van der Waals surface area (Å²) in [6, 6.07) is 11.2. The van der Waals surface area contributed by atoms with Gasteiger partial charge in [0.25, 0.3) is 0 Å². The Morgan fingerprint density at radius 1 is 1.14 bits per heavy atom. The summed E-state index contributed by atoms with van der Waals surface area (Å²) in [4.78, 5) is 27.3. The highest BCUT2D eigenvalue weighted by Crippen LogP contribution is 2.30. The average Bonchev–Trinajstić information content (AvgIpc) is 3.12. The molecule has 0 aliphatic carbocycles. The number of carbonyl (C=O) groups excluding carboxylic acids is 1. The van der Waals surface area contributed by atoms with Gasteiger partial charge in [0.1, 0.15) is 0 Å². The Morgan fingerprint density at radius 3 is 2.71 bits per heavy atom.